The van der Waals surface area contributed by atoms with Gasteiger partial charge in [-0.25, -0.2) is 0 Å². The Bertz CT molecular complexity index is 316. The minimum atomic E-state index is -5.19. The molecule has 0 aliphatic carbocycles. The summed E-state index contributed by atoms with van der Waals surface area (Å²) in [6, 6.07) is -1.49. The average Bonchev–Trinajstić information content (AvgIpc) is 2.20. The number of guanidine groups is 1. The molecule has 0 rings (SSSR count). The number of carbonyl (C=O) groups excluding carboxylic acids is 2. The normalized spacial score (nSPS) is 12.9. The minimum Gasteiger partial charge on any atom is -0.370 e. The number of alkyl halides is 3. The lowest BCUT2D eigenvalue weighted by Crippen LogP contribution is -2.43. The number of nitrogens with two attached hydrogens (primary N) is 2. The number of hydrogen-bond donors (Lipinski definition) is 4. The molecule has 98 valence electrons. The van der Waals surface area contributed by atoms with E-state index >= 15 is 0 Å². The Morgan fingerprint density at radius 2 is 1.88 bits per heavy atom. The van der Waals surface area contributed by atoms with Crippen molar-refractivity contribution < 1.29 is 22.8 Å². The van der Waals surface area contributed by atoms with Gasteiger partial charge in [0.05, 0.1) is 6.04 Å². The number of ketones is 2. The number of Topliss-reactive ketones (excluding diaryl/α,β-unsaturated/α-hetero) is 2. The average molecular weight is 254 g/mol. The molecule has 17 heavy (non-hydrogen) atoms. The molecule has 6 nitrogen and oxygen atoms in total. The van der Waals surface area contributed by atoms with Crippen LogP contribution >= 0.6 is 0 Å². The van der Waals surface area contributed by atoms with Crippen LogP contribution in [0, 0.1) is 5.41 Å². The van der Waals surface area contributed by atoms with E-state index in [4.69, 9.17) is 16.9 Å². The van der Waals surface area contributed by atoms with Crippen LogP contribution < -0.4 is 16.8 Å². The standard InChI is InChI=1S/C8H13F3N4O2/c9-8(10,11)6(17)5(16)4(12)2-1-3-15-7(13)14/h4H,1-3,12H2,(H4,13,14,15). The topological polar surface area (TPSA) is 122 Å². The molecule has 6 N–H and O–H groups in total. The molecular weight excluding hydrogens is 241 g/mol. The minimum absolute atomic E-state index is 0.0963. The second-order valence-electron chi connectivity index (χ2n) is 3.28. The van der Waals surface area contributed by atoms with Crippen LogP contribution in [0.15, 0.2) is 0 Å². The first-order chi connectivity index (χ1) is 7.66. The Labute approximate surface area is 95.0 Å². The van der Waals surface area contributed by atoms with Crippen molar-refractivity contribution in [3.63, 3.8) is 0 Å². The Morgan fingerprint density at radius 1 is 1.35 bits per heavy atom. The number of hydrogen-bond acceptors (Lipinski definition) is 4. The van der Waals surface area contributed by atoms with Crippen LogP contribution in [0.1, 0.15) is 12.8 Å². The zero-order chi connectivity index (χ0) is 13.6. The first-order valence-electron chi connectivity index (χ1n) is 4.65. The summed E-state index contributed by atoms with van der Waals surface area (Å²) in [6.07, 6.45) is -5.06. The van der Waals surface area contributed by atoms with E-state index in [9.17, 15) is 22.8 Å². The van der Waals surface area contributed by atoms with Crippen molar-refractivity contribution in [3.8, 4) is 0 Å². The fourth-order valence-electron chi connectivity index (χ4n) is 0.984. The number of rotatable bonds is 6. The molecule has 1 atom stereocenters. The second kappa shape index (κ2) is 6.18. The van der Waals surface area contributed by atoms with Gasteiger partial charge in [0.1, 0.15) is 0 Å². The van der Waals surface area contributed by atoms with Crippen molar-refractivity contribution in [2.45, 2.75) is 25.1 Å². The first kappa shape index (κ1) is 15.4. The van der Waals surface area contributed by atoms with E-state index in [0.717, 1.165) is 0 Å². The van der Waals surface area contributed by atoms with E-state index in [1.54, 1.807) is 0 Å². The Balaban J connectivity index is 4.07. The summed E-state index contributed by atoms with van der Waals surface area (Å²) in [5.74, 6) is -4.39. The summed E-state index contributed by atoms with van der Waals surface area (Å²) in [5, 5.41) is 9.17. The van der Waals surface area contributed by atoms with Gasteiger partial charge in [-0.05, 0) is 12.8 Å². The highest BCUT2D eigenvalue weighted by Crippen LogP contribution is 2.17. The molecule has 0 spiro atoms. The fraction of sp³-hybridized carbons (Fsp3) is 0.625. The molecule has 0 saturated carbocycles. The summed E-state index contributed by atoms with van der Waals surface area (Å²) in [7, 11) is 0. The maximum absolute atomic E-state index is 11.9. The lowest BCUT2D eigenvalue weighted by molar-refractivity contribution is -0.174. The predicted octanol–water partition coefficient (Wildman–Crippen LogP) is -0.723. The van der Waals surface area contributed by atoms with Crippen LogP contribution in [0.5, 0.6) is 0 Å². The molecule has 0 radical (unpaired) electrons. The van der Waals surface area contributed by atoms with Gasteiger partial charge in [0.25, 0.3) is 0 Å². The molecule has 0 heterocycles. The molecule has 1 unspecified atom stereocenters. The Morgan fingerprint density at radius 3 is 2.29 bits per heavy atom. The lowest BCUT2D eigenvalue weighted by Gasteiger charge is -2.11. The van der Waals surface area contributed by atoms with Crippen LogP contribution in [0.2, 0.25) is 0 Å². The van der Waals surface area contributed by atoms with E-state index in [2.05, 4.69) is 5.32 Å². The van der Waals surface area contributed by atoms with Gasteiger partial charge in [-0.2, -0.15) is 13.2 Å². The van der Waals surface area contributed by atoms with Gasteiger partial charge >= 0.3 is 12.0 Å². The third kappa shape index (κ3) is 5.85. The molecule has 0 aliphatic rings. The molecule has 0 aliphatic heterocycles. The van der Waals surface area contributed by atoms with E-state index in [-0.39, 0.29) is 25.3 Å². The van der Waals surface area contributed by atoms with Gasteiger partial charge in [0.15, 0.2) is 5.96 Å². The fourth-order valence-corrected chi connectivity index (χ4v) is 0.984. The predicted molar refractivity (Wildman–Crippen MR) is 53.2 cm³/mol. The van der Waals surface area contributed by atoms with Crippen molar-refractivity contribution in [2.24, 2.45) is 11.5 Å². The molecule has 0 bridgehead atoms. The summed E-state index contributed by atoms with van der Waals surface area (Å²) >= 11 is 0. The summed E-state index contributed by atoms with van der Waals surface area (Å²) in [4.78, 5) is 21.5. The highest BCUT2D eigenvalue weighted by atomic mass is 19.4. The Kier molecular flexibility index (Phi) is 5.59. The Hall–Kier alpha value is -1.64. The summed E-state index contributed by atoms with van der Waals surface area (Å²) in [6.45, 7) is 0.191. The number of nitrogens with one attached hydrogen (secondary N) is 2. The largest absolute Gasteiger partial charge is 0.458 e. The smallest absolute Gasteiger partial charge is 0.370 e. The summed E-state index contributed by atoms with van der Waals surface area (Å²) < 4.78 is 35.6. The molecule has 0 saturated heterocycles. The van der Waals surface area contributed by atoms with Crippen molar-refractivity contribution in [1.82, 2.24) is 5.32 Å². The monoisotopic (exact) mass is 254 g/mol. The third-order valence-corrected chi connectivity index (χ3v) is 1.83. The van der Waals surface area contributed by atoms with E-state index in [1.807, 2.05) is 0 Å². The number of carbonyl (C=O) groups is 2. The van der Waals surface area contributed by atoms with E-state index in [1.165, 1.54) is 0 Å². The molecular formula is C8H13F3N4O2. The maximum atomic E-state index is 11.9. The van der Waals surface area contributed by atoms with Gasteiger partial charge in [-0.1, -0.05) is 0 Å². The highest BCUT2D eigenvalue weighted by molar-refractivity contribution is 6.41. The molecule has 9 heteroatoms. The zero-order valence-electron chi connectivity index (χ0n) is 8.80. The maximum Gasteiger partial charge on any atom is 0.458 e. The quantitative estimate of drug-likeness (QED) is 0.215. The van der Waals surface area contributed by atoms with Crippen molar-refractivity contribution in [3.05, 3.63) is 0 Å². The SMILES string of the molecule is N=C(N)NCCCC(N)C(=O)C(=O)C(F)(F)F. The second-order valence-corrected chi connectivity index (χ2v) is 3.28. The zero-order valence-corrected chi connectivity index (χ0v) is 8.80. The lowest BCUT2D eigenvalue weighted by atomic mass is 10.0. The van der Waals surface area contributed by atoms with Crippen LogP contribution in [0.3, 0.4) is 0 Å². The third-order valence-electron chi connectivity index (χ3n) is 1.83. The van der Waals surface area contributed by atoms with Crippen LogP contribution in [0.25, 0.3) is 0 Å². The van der Waals surface area contributed by atoms with Gasteiger partial charge in [0.2, 0.25) is 5.78 Å². The molecule has 0 aromatic rings. The van der Waals surface area contributed by atoms with E-state index < -0.39 is 23.8 Å². The van der Waals surface area contributed by atoms with Crippen molar-refractivity contribution in [1.29, 1.82) is 5.41 Å². The van der Waals surface area contributed by atoms with Gasteiger partial charge in [0, 0.05) is 6.54 Å². The number of halogens is 3. The van der Waals surface area contributed by atoms with Gasteiger partial charge in [-0.3, -0.25) is 15.0 Å². The first-order valence-corrected chi connectivity index (χ1v) is 4.65. The molecule has 0 amide bonds. The van der Waals surface area contributed by atoms with Crippen LogP contribution in [-0.2, 0) is 9.59 Å². The summed E-state index contributed by atoms with van der Waals surface area (Å²) in [5.41, 5.74) is 10.1. The molecule has 0 aromatic carbocycles. The van der Waals surface area contributed by atoms with Crippen molar-refractivity contribution >= 4 is 17.5 Å². The van der Waals surface area contributed by atoms with Crippen molar-refractivity contribution in [2.75, 3.05) is 6.54 Å². The molecule has 0 fully saturated rings. The van der Waals surface area contributed by atoms with Crippen LogP contribution in [-0.4, -0.2) is 36.3 Å². The van der Waals surface area contributed by atoms with E-state index in [0.29, 0.717) is 0 Å². The van der Waals surface area contributed by atoms with Gasteiger partial charge in [-0.15, -0.1) is 0 Å². The van der Waals surface area contributed by atoms with Crippen LogP contribution in [0.4, 0.5) is 13.2 Å². The highest BCUT2D eigenvalue weighted by Gasteiger charge is 2.44. The van der Waals surface area contributed by atoms with Gasteiger partial charge < -0.3 is 16.8 Å². The molecule has 0 aromatic heterocycles.